The average molecular weight is 247 g/mol. The average Bonchev–Trinajstić information content (AvgIpc) is 2.34. The number of nitrogens with two attached hydrogens (primary N) is 1. The molecule has 0 aromatic heterocycles. The number of nitrogens with one attached hydrogen (secondary N) is 1. The van der Waals surface area contributed by atoms with Gasteiger partial charge in [-0.25, -0.2) is 0 Å². The van der Waals surface area contributed by atoms with Crippen LogP contribution in [0.4, 0.5) is 0 Å². The van der Waals surface area contributed by atoms with Gasteiger partial charge in [0.15, 0.2) is 0 Å². The van der Waals surface area contributed by atoms with Gasteiger partial charge in [-0.3, -0.25) is 9.69 Å². The minimum atomic E-state index is 0.106. The van der Waals surface area contributed by atoms with Gasteiger partial charge in [0.25, 0.3) is 0 Å². The van der Waals surface area contributed by atoms with E-state index in [1.54, 1.807) is 0 Å². The van der Waals surface area contributed by atoms with Crippen molar-refractivity contribution in [1.82, 2.24) is 10.2 Å². The summed E-state index contributed by atoms with van der Waals surface area (Å²) in [6, 6.07) is 10.6. The van der Waals surface area contributed by atoms with E-state index in [0.717, 1.165) is 32.5 Å². The van der Waals surface area contributed by atoms with E-state index in [-0.39, 0.29) is 11.9 Å². The highest BCUT2D eigenvalue weighted by Crippen LogP contribution is 2.04. The summed E-state index contributed by atoms with van der Waals surface area (Å²) in [5.74, 6) is 0.106. The SMILES string of the molecule is NC1CN(CC(=O)NCCCc2ccccc2)C1. The zero-order chi connectivity index (χ0) is 12.8. The van der Waals surface area contributed by atoms with Crippen LogP contribution in [-0.4, -0.2) is 43.0 Å². The number of likely N-dealkylation sites (tertiary alicyclic amines) is 1. The molecule has 0 unspecified atom stereocenters. The van der Waals surface area contributed by atoms with Crippen molar-refractivity contribution in [1.29, 1.82) is 0 Å². The number of amides is 1. The molecule has 1 saturated heterocycles. The first-order chi connectivity index (χ1) is 8.74. The fraction of sp³-hybridized carbons (Fsp3) is 0.500. The van der Waals surface area contributed by atoms with Gasteiger partial charge in [-0.2, -0.15) is 0 Å². The summed E-state index contributed by atoms with van der Waals surface area (Å²) in [5, 5.41) is 2.95. The maximum absolute atomic E-state index is 11.6. The van der Waals surface area contributed by atoms with Crippen LogP contribution in [0, 0.1) is 0 Å². The highest BCUT2D eigenvalue weighted by molar-refractivity contribution is 5.78. The zero-order valence-corrected chi connectivity index (χ0v) is 10.6. The Hall–Kier alpha value is -1.39. The summed E-state index contributed by atoms with van der Waals surface area (Å²) < 4.78 is 0. The number of hydrogen-bond donors (Lipinski definition) is 2. The van der Waals surface area contributed by atoms with Gasteiger partial charge < -0.3 is 11.1 Å². The second-order valence-corrected chi connectivity index (χ2v) is 4.89. The first-order valence-electron chi connectivity index (χ1n) is 6.52. The van der Waals surface area contributed by atoms with Crippen LogP contribution >= 0.6 is 0 Å². The Morgan fingerprint density at radius 1 is 1.33 bits per heavy atom. The molecule has 1 aromatic rings. The van der Waals surface area contributed by atoms with Crippen molar-refractivity contribution >= 4 is 5.91 Å². The van der Waals surface area contributed by atoms with Crippen LogP contribution in [0.3, 0.4) is 0 Å². The van der Waals surface area contributed by atoms with E-state index in [0.29, 0.717) is 6.54 Å². The molecule has 0 saturated carbocycles. The summed E-state index contributed by atoms with van der Waals surface area (Å²) in [4.78, 5) is 13.6. The van der Waals surface area contributed by atoms with Crippen molar-refractivity contribution in [2.24, 2.45) is 5.73 Å². The molecular formula is C14H21N3O. The Labute approximate surface area is 108 Å². The van der Waals surface area contributed by atoms with Crippen molar-refractivity contribution < 1.29 is 4.79 Å². The Morgan fingerprint density at radius 2 is 2.06 bits per heavy atom. The van der Waals surface area contributed by atoms with Crippen molar-refractivity contribution in [2.75, 3.05) is 26.2 Å². The maximum atomic E-state index is 11.6. The number of aryl methyl sites for hydroxylation is 1. The number of rotatable bonds is 6. The Balaban J connectivity index is 1.54. The van der Waals surface area contributed by atoms with Crippen molar-refractivity contribution in [3.05, 3.63) is 35.9 Å². The molecule has 18 heavy (non-hydrogen) atoms. The number of carbonyl (C=O) groups excluding carboxylic acids is 1. The maximum Gasteiger partial charge on any atom is 0.234 e. The van der Waals surface area contributed by atoms with Gasteiger partial charge >= 0.3 is 0 Å². The van der Waals surface area contributed by atoms with E-state index in [1.807, 2.05) is 18.2 Å². The van der Waals surface area contributed by atoms with Crippen molar-refractivity contribution in [2.45, 2.75) is 18.9 Å². The fourth-order valence-electron chi connectivity index (χ4n) is 2.16. The Bertz CT molecular complexity index is 374. The van der Waals surface area contributed by atoms with Crippen LogP contribution in [0.1, 0.15) is 12.0 Å². The minimum Gasteiger partial charge on any atom is -0.355 e. The molecule has 98 valence electrons. The smallest absolute Gasteiger partial charge is 0.234 e. The molecule has 0 atom stereocenters. The fourth-order valence-corrected chi connectivity index (χ4v) is 2.16. The molecule has 4 heteroatoms. The highest BCUT2D eigenvalue weighted by Gasteiger charge is 2.24. The molecule has 2 rings (SSSR count). The molecule has 1 aliphatic rings. The van der Waals surface area contributed by atoms with Crippen LogP contribution in [0.5, 0.6) is 0 Å². The predicted octanol–water partition coefficient (Wildman–Crippen LogP) is 0.378. The Kier molecular flexibility index (Phi) is 4.73. The molecule has 1 fully saturated rings. The second-order valence-electron chi connectivity index (χ2n) is 4.89. The molecule has 3 N–H and O–H groups in total. The minimum absolute atomic E-state index is 0.106. The molecule has 0 radical (unpaired) electrons. The quantitative estimate of drug-likeness (QED) is 0.714. The lowest BCUT2D eigenvalue weighted by Gasteiger charge is -2.36. The Morgan fingerprint density at radius 3 is 2.72 bits per heavy atom. The van der Waals surface area contributed by atoms with Crippen molar-refractivity contribution in [3.63, 3.8) is 0 Å². The highest BCUT2D eigenvalue weighted by atomic mass is 16.2. The van der Waals surface area contributed by atoms with Gasteiger partial charge in [0.05, 0.1) is 6.54 Å². The van der Waals surface area contributed by atoms with E-state index < -0.39 is 0 Å². The summed E-state index contributed by atoms with van der Waals surface area (Å²) >= 11 is 0. The topological polar surface area (TPSA) is 58.4 Å². The normalized spacial score (nSPS) is 16.3. The zero-order valence-electron chi connectivity index (χ0n) is 10.6. The van der Waals surface area contributed by atoms with Crippen LogP contribution < -0.4 is 11.1 Å². The molecular weight excluding hydrogens is 226 g/mol. The predicted molar refractivity (Wildman–Crippen MR) is 72.2 cm³/mol. The number of nitrogens with zero attached hydrogens (tertiary/aromatic N) is 1. The molecule has 0 bridgehead atoms. The molecule has 1 aromatic carbocycles. The summed E-state index contributed by atoms with van der Waals surface area (Å²) in [6.07, 6.45) is 1.99. The van der Waals surface area contributed by atoms with Gasteiger partial charge in [0.1, 0.15) is 0 Å². The second kappa shape index (κ2) is 6.52. The third-order valence-corrected chi connectivity index (χ3v) is 3.16. The lowest BCUT2D eigenvalue weighted by Crippen LogP contribution is -2.57. The van der Waals surface area contributed by atoms with Crippen LogP contribution in [0.15, 0.2) is 30.3 Å². The molecule has 0 aliphatic carbocycles. The van der Waals surface area contributed by atoms with Gasteiger partial charge in [0, 0.05) is 25.7 Å². The molecule has 1 heterocycles. The summed E-state index contributed by atoms with van der Waals surface area (Å²) in [5.41, 5.74) is 6.98. The summed E-state index contributed by atoms with van der Waals surface area (Å²) in [6.45, 7) is 2.92. The standard InChI is InChI=1S/C14H21N3O/c15-13-9-17(10-13)11-14(18)16-8-4-7-12-5-2-1-3-6-12/h1-3,5-6,13H,4,7-11,15H2,(H,16,18). The number of carbonyl (C=O) groups is 1. The lowest BCUT2D eigenvalue weighted by atomic mass is 10.1. The van der Waals surface area contributed by atoms with Crippen LogP contribution in [-0.2, 0) is 11.2 Å². The van der Waals surface area contributed by atoms with Gasteiger partial charge in [0.2, 0.25) is 5.91 Å². The van der Waals surface area contributed by atoms with Gasteiger partial charge in [-0.15, -0.1) is 0 Å². The first-order valence-corrected chi connectivity index (χ1v) is 6.52. The largest absolute Gasteiger partial charge is 0.355 e. The van der Waals surface area contributed by atoms with Gasteiger partial charge in [-0.05, 0) is 18.4 Å². The van der Waals surface area contributed by atoms with Crippen molar-refractivity contribution in [3.8, 4) is 0 Å². The van der Waals surface area contributed by atoms with E-state index in [9.17, 15) is 4.79 Å². The molecule has 4 nitrogen and oxygen atoms in total. The summed E-state index contributed by atoms with van der Waals surface area (Å²) in [7, 11) is 0. The van der Waals surface area contributed by atoms with E-state index in [1.165, 1.54) is 5.56 Å². The van der Waals surface area contributed by atoms with E-state index >= 15 is 0 Å². The monoisotopic (exact) mass is 247 g/mol. The molecule has 1 amide bonds. The molecule has 1 aliphatic heterocycles. The number of hydrogen-bond acceptors (Lipinski definition) is 3. The molecule has 0 spiro atoms. The third-order valence-electron chi connectivity index (χ3n) is 3.16. The van der Waals surface area contributed by atoms with E-state index in [4.69, 9.17) is 5.73 Å². The van der Waals surface area contributed by atoms with Crippen LogP contribution in [0.2, 0.25) is 0 Å². The number of benzene rings is 1. The lowest BCUT2D eigenvalue weighted by molar-refractivity contribution is -0.123. The first kappa shape index (κ1) is 13.1. The van der Waals surface area contributed by atoms with Gasteiger partial charge in [-0.1, -0.05) is 30.3 Å². The third kappa shape index (κ3) is 4.13. The van der Waals surface area contributed by atoms with E-state index in [2.05, 4.69) is 22.3 Å². The van der Waals surface area contributed by atoms with Crippen LogP contribution in [0.25, 0.3) is 0 Å².